The SMILES string of the molecule is CC[C@@H](C)c1ccc(S(=O)(=O)Nc2cc(S(=O)(=O)N(C)C)ccc2N(C)C)cc1. The molecule has 0 aliphatic rings. The average Bonchev–Trinajstić information content (AvgIpc) is 2.66. The van der Waals surface area contributed by atoms with E-state index in [0.717, 1.165) is 16.3 Å². The maximum Gasteiger partial charge on any atom is 0.261 e. The van der Waals surface area contributed by atoms with Crippen molar-refractivity contribution in [2.45, 2.75) is 36.0 Å². The maximum absolute atomic E-state index is 12.9. The van der Waals surface area contributed by atoms with Gasteiger partial charge in [0.2, 0.25) is 10.0 Å². The van der Waals surface area contributed by atoms with E-state index < -0.39 is 20.0 Å². The van der Waals surface area contributed by atoms with Gasteiger partial charge in [0.05, 0.1) is 21.2 Å². The molecule has 0 saturated carbocycles. The monoisotopic (exact) mass is 439 g/mol. The molecule has 0 fully saturated rings. The molecule has 2 aromatic carbocycles. The lowest BCUT2D eigenvalue weighted by Gasteiger charge is -2.20. The molecule has 0 unspecified atom stereocenters. The van der Waals surface area contributed by atoms with Crippen molar-refractivity contribution in [3.63, 3.8) is 0 Å². The number of rotatable bonds is 8. The van der Waals surface area contributed by atoms with Gasteiger partial charge in [-0.05, 0) is 48.2 Å². The smallest absolute Gasteiger partial charge is 0.261 e. The van der Waals surface area contributed by atoms with Gasteiger partial charge in [-0.2, -0.15) is 0 Å². The van der Waals surface area contributed by atoms with Crippen LogP contribution in [0.25, 0.3) is 0 Å². The van der Waals surface area contributed by atoms with Crippen molar-refractivity contribution in [3.8, 4) is 0 Å². The van der Waals surface area contributed by atoms with Crippen LogP contribution in [-0.4, -0.2) is 49.3 Å². The zero-order chi connectivity index (χ0) is 22.0. The van der Waals surface area contributed by atoms with Crippen LogP contribution in [0.1, 0.15) is 31.7 Å². The Hall–Kier alpha value is -2.10. The predicted molar refractivity (Wildman–Crippen MR) is 118 cm³/mol. The van der Waals surface area contributed by atoms with Gasteiger partial charge < -0.3 is 4.90 Å². The van der Waals surface area contributed by atoms with Crippen molar-refractivity contribution in [1.29, 1.82) is 0 Å². The first-order valence-electron chi connectivity index (χ1n) is 9.26. The van der Waals surface area contributed by atoms with Gasteiger partial charge in [0.25, 0.3) is 10.0 Å². The van der Waals surface area contributed by atoms with E-state index in [1.165, 1.54) is 26.2 Å². The number of hydrogen-bond acceptors (Lipinski definition) is 5. The molecule has 0 saturated heterocycles. The van der Waals surface area contributed by atoms with Crippen LogP contribution in [0.15, 0.2) is 52.3 Å². The Morgan fingerprint density at radius 1 is 0.897 bits per heavy atom. The van der Waals surface area contributed by atoms with Gasteiger partial charge in [-0.25, -0.2) is 21.1 Å². The van der Waals surface area contributed by atoms with Gasteiger partial charge in [0.15, 0.2) is 0 Å². The second kappa shape index (κ2) is 8.73. The number of nitrogens with zero attached hydrogens (tertiary/aromatic N) is 2. The Morgan fingerprint density at radius 3 is 1.93 bits per heavy atom. The average molecular weight is 440 g/mol. The summed E-state index contributed by atoms with van der Waals surface area (Å²) in [6.07, 6.45) is 0.962. The minimum atomic E-state index is -3.89. The van der Waals surface area contributed by atoms with Crippen molar-refractivity contribution < 1.29 is 16.8 Å². The van der Waals surface area contributed by atoms with Crippen molar-refractivity contribution in [2.75, 3.05) is 37.8 Å². The summed E-state index contributed by atoms with van der Waals surface area (Å²) in [5.41, 5.74) is 1.82. The fourth-order valence-electron chi connectivity index (χ4n) is 2.77. The molecule has 1 N–H and O–H groups in total. The molecule has 0 bridgehead atoms. The maximum atomic E-state index is 12.9. The van der Waals surface area contributed by atoms with Crippen LogP contribution in [0.5, 0.6) is 0 Å². The highest BCUT2D eigenvalue weighted by Gasteiger charge is 2.22. The predicted octanol–water partition coefficient (Wildman–Crippen LogP) is 3.32. The van der Waals surface area contributed by atoms with Crippen molar-refractivity contribution in [1.82, 2.24) is 4.31 Å². The lowest BCUT2D eigenvalue weighted by atomic mass is 9.99. The van der Waals surface area contributed by atoms with Crippen LogP contribution >= 0.6 is 0 Å². The van der Waals surface area contributed by atoms with Crippen LogP contribution in [0, 0.1) is 0 Å². The van der Waals surface area contributed by atoms with Crippen LogP contribution in [0.3, 0.4) is 0 Å². The van der Waals surface area contributed by atoms with Gasteiger partial charge in [-0.15, -0.1) is 0 Å². The summed E-state index contributed by atoms with van der Waals surface area (Å²) in [5, 5.41) is 0. The number of nitrogens with one attached hydrogen (secondary N) is 1. The van der Waals surface area contributed by atoms with E-state index in [1.807, 2.05) is 12.1 Å². The van der Waals surface area contributed by atoms with Crippen LogP contribution in [-0.2, 0) is 20.0 Å². The summed E-state index contributed by atoms with van der Waals surface area (Å²) < 4.78 is 54.4. The third kappa shape index (κ3) is 5.09. The van der Waals surface area contributed by atoms with Gasteiger partial charge in [-0.3, -0.25) is 4.72 Å². The molecule has 0 radical (unpaired) electrons. The van der Waals surface area contributed by atoms with E-state index in [1.54, 1.807) is 37.2 Å². The summed E-state index contributed by atoms with van der Waals surface area (Å²) in [4.78, 5) is 1.85. The number of anilines is 2. The second-order valence-electron chi connectivity index (χ2n) is 7.34. The van der Waals surface area contributed by atoms with Gasteiger partial charge in [-0.1, -0.05) is 26.0 Å². The van der Waals surface area contributed by atoms with E-state index >= 15 is 0 Å². The van der Waals surface area contributed by atoms with Crippen molar-refractivity contribution in [2.24, 2.45) is 0 Å². The Labute approximate surface area is 174 Å². The number of sulfonamides is 2. The summed E-state index contributed by atoms with van der Waals surface area (Å²) in [5.74, 6) is 0.341. The molecule has 0 amide bonds. The lowest BCUT2D eigenvalue weighted by Crippen LogP contribution is -2.23. The Balaban J connectivity index is 2.48. The van der Waals surface area contributed by atoms with Gasteiger partial charge in [0.1, 0.15) is 0 Å². The first-order chi connectivity index (χ1) is 13.4. The fourth-order valence-corrected chi connectivity index (χ4v) is 4.77. The third-order valence-electron chi connectivity index (χ3n) is 4.84. The summed E-state index contributed by atoms with van der Waals surface area (Å²) >= 11 is 0. The molecule has 2 aromatic rings. The highest BCUT2D eigenvalue weighted by atomic mass is 32.2. The molecular formula is C20H29N3O4S2. The highest BCUT2D eigenvalue weighted by molar-refractivity contribution is 7.92. The first kappa shape index (κ1) is 23.2. The molecule has 7 nitrogen and oxygen atoms in total. The topological polar surface area (TPSA) is 86.8 Å². The van der Waals surface area contributed by atoms with Crippen LogP contribution in [0.2, 0.25) is 0 Å². The largest absolute Gasteiger partial charge is 0.376 e. The molecule has 1 atom stereocenters. The quantitative estimate of drug-likeness (QED) is 0.682. The van der Waals surface area contributed by atoms with Crippen molar-refractivity contribution >= 4 is 31.4 Å². The van der Waals surface area contributed by atoms with E-state index in [-0.39, 0.29) is 15.5 Å². The van der Waals surface area contributed by atoms with Crippen LogP contribution in [0.4, 0.5) is 11.4 Å². The minimum Gasteiger partial charge on any atom is -0.376 e. The van der Waals surface area contributed by atoms with Gasteiger partial charge in [0, 0.05) is 28.2 Å². The van der Waals surface area contributed by atoms with Crippen molar-refractivity contribution in [3.05, 3.63) is 48.0 Å². The summed E-state index contributed by atoms with van der Waals surface area (Å²) in [7, 11) is -1.21. The molecule has 0 heterocycles. The molecule has 2 rings (SSSR count). The summed E-state index contributed by atoms with van der Waals surface area (Å²) in [6.45, 7) is 4.16. The van der Waals surface area contributed by atoms with E-state index in [4.69, 9.17) is 0 Å². The molecule has 0 aliphatic heterocycles. The molecular weight excluding hydrogens is 410 g/mol. The Bertz CT molecular complexity index is 1060. The fraction of sp³-hybridized carbons (Fsp3) is 0.400. The molecule has 29 heavy (non-hydrogen) atoms. The highest BCUT2D eigenvalue weighted by Crippen LogP contribution is 2.31. The third-order valence-corrected chi connectivity index (χ3v) is 8.04. The number of benzene rings is 2. The summed E-state index contributed by atoms with van der Waals surface area (Å²) in [6, 6.07) is 11.1. The van der Waals surface area contributed by atoms with E-state index in [0.29, 0.717) is 11.6 Å². The minimum absolute atomic E-state index is 0.0120. The number of hydrogen-bond donors (Lipinski definition) is 1. The van der Waals surface area contributed by atoms with Crippen LogP contribution < -0.4 is 9.62 Å². The zero-order valence-electron chi connectivity index (χ0n) is 17.7. The Kier molecular flexibility index (Phi) is 6.97. The normalized spacial score (nSPS) is 13.3. The molecule has 0 aromatic heterocycles. The molecule has 160 valence electrons. The first-order valence-corrected chi connectivity index (χ1v) is 12.2. The standard InChI is InChI=1S/C20H29N3O4S2/c1-7-15(2)16-8-10-17(11-9-16)28(24,25)21-19-14-18(29(26,27)23(5)6)12-13-20(19)22(3)4/h8-15,21H,7H2,1-6H3/t15-/m1/s1. The van der Waals surface area contributed by atoms with E-state index in [2.05, 4.69) is 18.6 Å². The zero-order valence-corrected chi connectivity index (χ0v) is 19.3. The Morgan fingerprint density at radius 2 is 1.45 bits per heavy atom. The lowest BCUT2D eigenvalue weighted by molar-refractivity contribution is 0.521. The van der Waals surface area contributed by atoms with Gasteiger partial charge >= 0.3 is 0 Å². The molecule has 0 spiro atoms. The van der Waals surface area contributed by atoms with E-state index in [9.17, 15) is 16.8 Å². The molecule has 0 aliphatic carbocycles. The molecule has 9 heteroatoms. The second-order valence-corrected chi connectivity index (χ2v) is 11.2.